The van der Waals surface area contributed by atoms with Crippen molar-refractivity contribution in [2.24, 2.45) is 0 Å². The maximum Gasteiger partial charge on any atom is 0.303 e. The second-order valence-electron chi connectivity index (χ2n) is 2.84. The van der Waals surface area contributed by atoms with Gasteiger partial charge in [0.05, 0.1) is 6.61 Å². The van der Waals surface area contributed by atoms with Crippen LogP contribution >= 0.6 is 0 Å². The highest BCUT2D eigenvalue weighted by Gasteiger charge is 2.35. The molecule has 0 radical (unpaired) electrons. The molecular weight excluding hydrogens is 160 g/mol. The Bertz CT molecular complexity index is 223. The van der Waals surface area contributed by atoms with Crippen LogP contribution in [0.5, 0.6) is 0 Å². The van der Waals surface area contributed by atoms with E-state index >= 15 is 0 Å². The maximum atomic E-state index is 10.6. The zero-order chi connectivity index (χ0) is 8.55. The summed E-state index contributed by atoms with van der Waals surface area (Å²) in [6.45, 7) is 1.92. The van der Waals surface area contributed by atoms with E-state index in [1.54, 1.807) is 0 Å². The molecular formula is C8H10O4. The summed E-state index contributed by atoms with van der Waals surface area (Å²) in [4.78, 5) is 10.6. The van der Waals surface area contributed by atoms with E-state index in [-0.39, 0.29) is 18.2 Å². The molecule has 0 unspecified atom stereocenters. The average molecular weight is 170 g/mol. The van der Waals surface area contributed by atoms with Crippen LogP contribution in [-0.2, 0) is 19.0 Å². The van der Waals surface area contributed by atoms with Gasteiger partial charge in [-0.05, 0) is 6.08 Å². The minimum Gasteiger partial charge on any atom is -0.453 e. The Balaban J connectivity index is 2.02. The fraction of sp³-hybridized carbons (Fsp3) is 0.625. The van der Waals surface area contributed by atoms with Crippen LogP contribution in [0, 0.1) is 0 Å². The Morgan fingerprint density at radius 1 is 1.58 bits per heavy atom. The Hall–Kier alpha value is -0.870. The largest absolute Gasteiger partial charge is 0.453 e. The van der Waals surface area contributed by atoms with Gasteiger partial charge in [-0.3, -0.25) is 4.79 Å². The highest BCUT2D eigenvalue weighted by molar-refractivity contribution is 5.66. The summed E-state index contributed by atoms with van der Waals surface area (Å²) in [5.74, 6) is -0.317. The molecule has 66 valence electrons. The van der Waals surface area contributed by atoms with Gasteiger partial charge in [0.25, 0.3) is 0 Å². The first-order valence-electron chi connectivity index (χ1n) is 3.88. The third kappa shape index (κ3) is 1.35. The summed E-state index contributed by atoms with van der Waals surface area (Å²) in [5, 5.41) is 0. The van der Waals surface area contributed by atoms with Crippen molar-refractivity contribution < 1.29 is 19.0 Å². The van der Waals surface area contributed by atoms with Crippen molar-refractivity contribution in [1.29, 1.82) is 0 Å². The first kappa shape index (κ1) is 7.76. The summed E-state index contributed by atoms with van der Waals surface area (Å²) in [6.07, 6.45) is 2.94. The van der Waals surface area contributed by atoms with Crippen LogP contribution in [0.15, 0.2) is 12.2 Å². The van der Waals surface area contributed by atoms with Crippen molar-refractivity contribution in [3.8, 4) is 0 Å². The molecule has 1 fully saturated rings. The van der Waals surface area contributed by atoms with Crippen LogP contribution in [0.1, 0.15) is 6.92 Å². The van der Waals surface area contributed by atoms with Gasteiger partial charge in [-0.15, -0.1) is 0 Å². The molecule has 0 aromatic carbocycles. The Morgan fingerprint density at radius 3 is 3.17 bits per heavy atom. The summed E-state index contributed by atoms with van der Waals surface area (Å²) in [7, 11) is 0. The monoisotopic (exact) mass is 170 g/mol. The molecule has 4 heteroatoms. The van der Waals surface area contributed by atoms with Gasteiger partial charge in [0.15, 0.2) is 12.4 Å². The van der Waals surface area contributed by atoms with E-state index in [0.717, 1.165) is 0 Å². The van der Waals surface area contributed by atoms with Crippen LogP contribution in [0.4, 0.5) is 0 Å². The molecule has 4 nitrogen and oxygen atoms in total. The van der Waals surface area contributed by atoms with E-state index in [0.29, 0.717) is 6.61 Å². The Kier molecular flexibility index (Phi) is 1.86. The summed E-state index contributed by atoms with van der Waals surface area (Å²) in [5.41, 5.74) is 0. The van der Waals surface area contributed by atoms with E-state index in [4.69, 9.17) is 14.2 Å². The van der Waals surface area contributed by atoms with Gasteiger partial charge in [-0.25, -0.2) is 0 Å². The number of carbonyl (C=O) groups excluding carboxylic acids is 1. The van der Waals surface area contributed by atoms with Gasteiger partial charge in [0, 0.05) is 6.92 Å². The number of rotatable bonds is 1. The van der Waals surface area contributed by atoms with Gasteiger partial charge < -0.3 is 14.2 Å². The molecule has 3 atom stereocenters. The molecule has 2 aliphatic rings. The standard InChI is InChI=1S/C8H10O4/c1-5(9)11-7-3-2-6-4-10-8(7)12-6/h2-3,6-8H,4H2,1H3/t6-,7+,8+/m1/s1. The zero-order valence-corrected chi connectivity index (χ0v) is 6.73. The lowest BCUT2D eigenvalue weighted by Gasteiger charge is -2.21. The molecule has 12 heavy (non-hydrogen) atoms. The topological polar surface area (TPSA) is 44.8 Å². The summed E-state index contributed by atoms with van der Waals surface area (Å²) in [6, 6.07) is 0. The second kappa shape index (κ2) is 2.88. The average Bonchev–Trinajstić information content (AvgIpc) is 2.39. The van der Waals surface area contributed by atoms with Crippen LogP contribution in [0.3, 0.4) is 0 Å². The summed E-state index contributed by atoms with van der Waals surface area (Å²) >= 11 is 0. The van der Waals surface area contributed by atoms with Gasteiger partial charge in [-0.2, -0.15) is 0 Å². The molecule has 0 aromatic heterocycles. The number of carbonyl (C=O) groups is 1. The second-order valence-corrected chi connectivity index (χ2v) is 2.84. The van der Waals surface area contributed by atoms with Gasteiger partial charge in [0.1, 0.15) is 6.10 Å². The lowest BCUT2D eigenvalue weighted by Crippen LogP contribution is -2.32. The third-order valence-corrected chi connectivity index (χ3v) is 1.82. The minimum atomic E-state index is -0.399. The molecule has 0 saturated carbocycles. The predicted octanol–water partition coefficient (Wildman–Crippen LogP) is 0.229. The lowest BCUT2D eigenvalue weighted by atomic mass is 10.2. The highest BCUT2D eigenvalue weighted by atomic mass is 16.7. The molecule has 1 saturated heterocycles. The molecule has 2 rings (SSSR count). The lowest BCUT2D eigenvalue weighted by molar-refractivity contribution is -0.167. The number of esters is 1. The van der Waals surface area contributed by atoms with E-state index in [2.05, 4.69) is 0 Å². The van der Waals surface area contributed by atoms with Crippen LogP contribution in [0.2, 0.25) is 0 Å². The molecule has 0 spiro atoms. The first-order chi connectivity index (χ1) is 5.75. The number of fused-ring (bicyclic) bond motifs is 2. The molecule has 0 aliphatic carbocycles. The van der Waals surface area contributed by atoms with Gasteiger partial charge in [0.2, 0.25) is 0 Å². The van der Waals surface area contributed by atoms with Crippen molar-refractivity contribution in [2.45, 2.75) is 25.4 Å². The maximum absolute atomic E-state index is 10.6. The number of ether oxygens (including phenoxy) is 3. The van der Waals surface area contributed by atoms with Crippen LogP contribution < -0.4 is 0 Å². The minimum absolute atomic E-state index is 0.0433. The van der Waals surface area contributed by atoms with Crippen LogP contribution in [-0.4, -0.2) is 31.1 Å². The number of hydrogen-bond donors (Lipinski definition) is 0. The van der Waals surface area contributed by atoms with E-state index in [9.17, 15) is 4.79 Å². The normalized spacial score (nSPS) is 38.2. The molecule has 2 aliphatic heterocycles. The summed E-state index contributed by atoms with van der Waals surface area (Å²) < 4.78 is 15.5. The molecule has 0 aromatic rings. The zero-order valence-electron chi connectivity index (χ0n) is 6.73. The molecule has 0 amide bonds. The van der Waals surface area contributed by atoms with Crippen molar-refractivity contribution in [1.82, 2.24) is 0 Å². The first-order valence-corrected chi connectivity index (χ1v) is 3.88. The van der Waals surface area contributed by atoms with E-state index in [1.807, 2.05) is 12.2 Å². The van der Waals surface area contributed by atoms with Crippen LogP contribution in [0.25, 0.3) is 0 Å². The van der Waals surface area contributed by atoms with Gasteiger partial charge >= 0.3 is 5.97 Å². The van der Waals surface area contributed by atoms with Crippen molar-refractivity contribution in [3.63, 3.8) is 0 Å². The third-order valence-electron chi connectivity index (χ3n) is 1.82. The molecule has 2 heterocycles. The highest BCUT2D eigenvalue weighted by Crippen LogP contribution is 2.23. The SMILES string of the molecule is CC(=O)O[C@H]1C=C[C@@H]2CO[C@H]1O2. The predicted molar refractivity (Wildman–Crippen MR) is 39.3 cm³/mol. The smallest absolute Gasteiger partial charge is 0.303 e. The van der Waals surface area contributed by atoms with E-state index < -0.39 is 6.29 Å². The van der Waals surface area contributed by atoms with Gasteiger partial charge in [-0.1, -0.05) is 6.08 Å². The number of hydrogen-bond acceptors (Lipinski definition) is 4. The fourth-order valence-electron chi connectivity index (χ4n) is 1.32. The quantitative estimate of drug-likeness (QED) is 0.417. The van der Waals surface area contributed by atoms with E-state index in [1.165, 1.54) is 6.92 Å². The molecule has 2 bridgehead atoms. The van der Waals surface area contributed by atoms with Crippen molar-refractivity contribution in [3.05, 3.63) is 12.2 Å². The molecule has 0 N–H and O–H groups in total. The Labute approximate surface area is 70.1 Å². The van der Waals surface area contributed by atoms with Crippen molar-refractivity contribution >= 4 is 5.97 Å². The Morgan fingerprint density at radius 2 is 2.42 bits per heavy atom. The van der Waals surface area contributed by atoms with Crippen molar-refractivity contribution in [2.75, 3.05) is 6.61 Å². The fourth-order valence-corrected chi connectivity index (χ4v) is 1.32.